The van der Waals surface area contributed by atoms with Crippen LogP contribution in [-0.4, -0.2) is 30.2 Å². The number of carboxylic acids is 1. The quantitative estimate of drug-likeness (QED) is 0.643. The highest BCUT2D eigenvalue weighted by Gasteiger charge is 2.21. The Morgan fingerprint density at radius 1 is 1.14 bits per heavy atom. The van der Waals surface area contributed by atoms with Gasteiger partial charge in [-0.1, -0.05) is 44.2 Å². The highest BCUT2D eigenvalue weighted by Crippen LogP contribution is 2.09. The van der Waals surface area contributed by atoms with Crippen LogP contribution in [0.5, 0.6) is 0 Å². The van der Waals surface area contributed by atoms with Gasteiger partial charge in [-0.2, -0.15) is 0 Å². The maximum absolute atomic E-state index is 11.6. The average Bonchev–Trinajstić information content (AvgIpc) is 2.44. The van der Waals surface area contributed by atoms with Crippen molar-refractivity contribution in [3.8, 4) is 0 Å². The van der Waals surface area contributed by atoms with Crippen LogP contribution >= 0.6 is 0 Å². The minimum absolute atomic E-state index is 0.0131. The molecule has 5 heteroatoms. The number of aryl methyl sites for hydroxylation is 1. The Labute approximate surface area is 125 Å². The van der Waals surface area contributed by atoms with E-state index >= 15 is 0 Å². The number of amides is 2. The molecule has 0 aliphatic heterocycles. The summed E-state index contributed by atoms with van der Waals surface area (Å²) in [6.45, 7) is 4.38. The molecule has 0 bridgehead atoms. The van der Waals surface area contributed by atoms with Crippen molar-refractivity contribution in [2.75, 3.05) is 13.1 Å². The lowest BCUT2D eigenvalue weighted by atomic mass is 9.96. The number of rotatable bonds is 8. The van der Waals surface area contributed by atoms with E-state index in [1.165, 1.54) is 5.56 Å². The molecule has 1 rings (SSSR count). The molecule has 1 unspecified atom stereocenters. The standard InChI is InChI=1S/C16H24N2O3/c1-12(2)14(15(19)20)11-18-16(21)17-10-6-9-13-7-4-3-5-8-13/h3-5,7-8,12,14H,6,9-11H2,1-2H3,(H,19,20)(H2,17,18,21). The molecule has 5 nitrogen and oxygen atoms in total. The van der Waals surface area contributed by atoms with Gasteiger partial charge in [-0.15, -0.1) is 0 Å². The molecule has 0 aliphatic carbocycles. The van der Waals surface area contributed by atoms with Crippen LogP contribution in [0.25, 0.3) is 0 Å². The second kappa shape index (κ2) is 9.00. The summed E-state index contributed by atoms with van der Waals surface area (Å²) in [7, 11) is 0. The molecule has 0 aliphatic rings. The van der Waals surface area contributed by atoms with Crippen molar-refractivity contribution in [1.29, 1.82) is 0 Å². The first-order valence-electron chi connectivity index (χ1n) is 7.29. The predicted molar refractivity (Wildman–Crippen MR) is 82.1 cm³/mol. The maximum atomic E-state index is 11.6. The van der Waals surface area contributed by atoms with Crippen molar-refractivity contribution in [3.05, 3.63) is 35.9 Å². The molecule has 0 spiro atoms. The number of nitrogens with one attached hydrogen (secondary N) is 2. The number of hydrogen-bond donors (Lipinski definition) is 3. The Morgan fingerprint density at radius 3 is 2.38 bits per heavy atom. The van der Waals surface area contributed by atoms with E-state index in [-0.39, 0.29) is 18.5 Å². The van der Waals surface area contributed by atoms with Gasteiger partial charge in [-0.25, -0.2) is 4.79 Å². The number of carbonyl (C=O) groups is 2. The topological polar surface area (TPSA) is 78.4 Å². The SMILES string of the molecule is CC(C)C(CNC(=O)NCCCc1ccccc1)C(=O)O. The molecule has 0 fully saturated rings. The number of carboxylic acid groups (broad SMARTS) is 1. The Balaban J connectivity index is 2.18. The molecule has 2 amide bonds. The van der Waals surface area contributed by atoms with Crippen LogP contribution in [0.2, 0.25) is 0 Å². The van der Waals surface area contributed by atoms with Crippen LogP contribution in [0.4, 0.5) is 4.79 Å². The third-order valence-corrected chi connectivity index (χ3v) is 3.38. The number of urea groups is 1. The van der Waals surface area contributed by atoms with Gasteiger partial charge in [0.25, 0.3) is 0 Å². The van der Waals surface area contributed by atoms with Crippen molar-refractivity contribution in [3.63, 3.8) is 0 Å². The molecule has 1 aromatic carbocycles. The van der Waals surface area contributed by atoms with Crippen LogP contribution in [0.3, 0.4) is 0 Å². The average molecular weight is 292 g/mol. The molecule has 1 atom stereocenters. The molecule has 0 heterocycles. The molecule has 116 valence electrons. The van der Waals surface area contributed by atoms with E-state index in [1.54, 1.807) is 0 Å². The Hall–Kier alpha value is -2.04. The van der Waals surface area contributed by atoms with Gasteiger partial charge in [0, 0.05) is 13.1 Å². The largest absolute Gasteiger partial charge is 0.481 e. The van der Waals surface area contributed by atoms with Crippen molar-refractivity contribution < 1.29 is 14.7 Å². The fourth-order valence-electron chi connectivity index (χ4n) is 2.01. The summed E-state index contributed by atoms with van der Waals surface area (Å²) >= 11 is 0. The second-order valence-corrected chi connectivity index (χ2v) is 5.41. The summed E-state index contributed by atoms with van der Waals surface area (Å²) in [4.78, 5) is 22.6. The lowest BCUT2D eigenvalue weighted by Gasteiger charge is -2.17. The first kappa shape index (κ1) is 17.0. The number of aliphatic carboxylic acids is 1. The van der Waals surface area contributed by atoms with Crippen LogP contribution in [0.15, 0.2) is 30.3 Å². The summed E-state index contributed by atoms with van der Waals surface area (Å²) in [5, 5.41) is 14.4. The first-order chi connectivity index (χ1) is 10.0. The monoisotopic (exact) mass is 292 g/mol. The molecule has 0 radical (unpaired) electrons. The molecular formula is C16H24N2O3. The molecule has 0 saturated carbocycles. The lowest BCUT2D eigenvalue weighted by molar-refractivity contribution is -0.142. The van der Waals surface area contributed by atoms with Crippen LogP contribution in [0, 0.1) is 11.8 Å². The van der Waals surface area contributed by atoms with Gasteiger partial charge >= 0.3 is 12.0 Å². The highest BCUT2D eigenvalue weighted by atomic mass is 16.4. The first-order valence-corrected chi connectivity index (χ1v) is 7.29. The summed E-state index contributed by atoms with van der Waals surface area (Å²) in [6, 6.07) is 9.76. The molecular weight excluding hydrogens is 268 g/mol. The van der Waals surface area contributed by atoms with Crippen LogP contribution in [-0.2, 0) is 11.2 Å². The second-order valence-electron chi connectivity index (χ2n) is 5.41. The van der Waals surface area contributed by atoms with Gasteiger partial charge in [0.2, 0.25) is 0 Å². The van der Waals surface area contributed by atoms with Gasteiger partial charge < -0.3 is 15.7 Å². The molecule has 3 N–H and O–H groups in total. The predicted octanol–water partition coefficient (Wildman–Crippen LogP) is 2.28. The number of benzene rings is 1. The third-order valence-electron chi connectivity index (χ3n) is 3.38. The summed E-state index contributed by atoms with van der Waals surface area (Å²) < 4.78 is 0. The van der Waals surface area contributed by atoms with Crippen LogP contribution < -0.4 is 10.6 Å². The van der Waals surface area contributed by atoms with Gasteiger partial charge in [-0.3, -0.25) is 4.79 Å². The van der Waals surface area contributed by atoms with Gasteiger partial charge in [0.1, 0.15) is 0 Å². The molecule has 1 aromatic rings. The normalized spacial score (nSPS) is 12.0. The Kier molecular flexibility index (Phi) is 7.29. The fraction of sp³-hybridized carbons (Fsp3) is 0.500. The van der Waals surface area contributed by atoms with E-state index in [9.17, 15) is 9.59 Å². The van der Waals surface area contributed by atoms with E-state index in [4.69, 9.17) is 5.11 Å². The Morgan fingerprint density at radius 2 is 1.81 bits per heavy atom. The zero-order chi connectivity index (χ0) is 15.7. The third kappa shape index (κ3) is 6.79. The molecule has 0 aromatic heterocycles. The summed E-state index contributed by atoms with van der Waals surface area (Å²) in [6.07, 6.45) is 1.76. The van der Waals surface area contributed by atoms with Crippen molar-refractivity contribution >= 4 is 12.0 Å². The van der Waals surface area contributed by atoms with Crippen LogP contribution in [0.1, 0.15) is 25.8 Å². The van der Waals surface area contributed by atoms with E-state index in [0.717, 1.165) is 12.8 Å². The smallest absolute Gasteiger partial charge is 0.314 e. The highest BCUT2D eigenvalue weighted by molar-refractivity contribution is 5.75. The number of carbonyl (C=O) groups excluding carboxylic acids is 1. The van der Waals surface area contributed by atoms with E-state index in [1.807, 2.05) is 32.0 Å². The van der Waals surface area contributed by atoms with Gasteiger partial charge in [-0.05, 0) is 24.3 Å². The summed E-state index contributed by atoms with van der Waals surface area (Å²) in [5.74, 6) is -1.45. The number of hydrogen-bond acceptors (Lipinski definition) is 2. The summed E-state index contributed by atoms with van der Waals surface area (Å²) in [5.41, 5.74) is 1.24. The van der Waals surface area contributed by atoms with Crippen molar-refractivity contribution in [1.82, 2.24) is 10.6 Å². The lowest BCUT2D eigenvalue weighted by Crippen LogP contribution is -2.41. The maximum Gasteiger partial charge on any atom is 0.314 e. The fourth-order valence-corrected chi connectivity index (χ4v) is 2.01. The minimum Gasteiger partial charge on any atom is -0.481 e. The van der Waals surface area contributed by atoms with Crippen molar-refractivity contribution in [2.45, 2.75) is 26.7 Å². The Bertz CT molecular complexity index is 446. The van der Waals surface area contributed by atoms with Gasteiger partial charge in [0.05, 0.1) is 5.92 Å². The van der Waals surface area contributed by atoms with Crippen molar-refractivity contribution in [2.24, 2.45) is 11.8 Å². The van der Waals surface area contributed by atoms with E-state index in [2.05, 4.69) is 22.8 Å². The molecule has 21 heavy (non-hydrogen) atoms. The minimum atomic E-state index is -0.880. The van der Waals surface area contributed by atoms with E-state index < -0.39 is 11.9 Å². The van der Waals surface area contributed by atoms with Gasteiger partial charge in [0.15, 0.2) is 0 Å². The van der Waals surface area contributed by atoms with E-state index in [0.29, 0.717) is 6.54 Å². The zero-order valence-electron chi connectivity index (χ0n) is 12.6. The zero-order valence-corrected chi connectivity index (χ0v) is 12.6. The molecule has 0 saturated heterocycles.